The highest BCUT2D eigenvalue weighted by molar-refractivity contribution is 6.30. The molecule has 0 spiro atoms. The summed E-state index contributed by atoms with van der Waals surface area (Å²) < 4.78 is 5.20. The molecule has 2 heterocycles. The minimum atomic E-state index is -0.302. The van der Waals surface area contributed by atoms with Crippen LogP contribution < -0.4 is 5.32 Å². The van der Waals surface area contributed by atoms with Gasteiger partial charge in [0, 0.05) is 23.2 Å². The molecule has 1 unspecified atom stereocenters. The van der Waals surface area contributed by atoms with Crippen LogP contribution in [-0.2, 0) is 11.3 Å². The van der Waals surface area contributed by atoms with Gasteiger partial charge in [-0.15, -0.1) is 0 Å². The number of carbonyl (C=O) groups is 1. The summed E-state index contributed by atoms with van der Waals surface area (Å²) in [5.41, 5.74) is 6.91. The number of methoxy groups -OCH3 is 1. The van der Waals surface area contributed by atoms with E-state index >= 15 is 0 Å². The summed E-state index contributed by atoms with van der Waals surface area (Å²) in [6.07, 6.45) is -0.302. The number of ether oxygens (including phenoxy) is 1. The summed E-state index contributed by atoms with van der Waals surface area (Å²) in [5, 5.41) is 4.47. The van der Waals surface area contributed by atoms with Gasteiger partial charge in [0.2, 0.25) is 0 Å². The van der Waals surface area contributed by atoms with Gasteiger partial charge in [-0.25, -0.2) is 4.79 Å². The van der Waals surface area contributed by atoms with Crippen molar-refractivity contribution in [3.8, 4) is 0 Å². The quantitative estimate of drug-likeness (QED) is 0.509. The number of fused-ring (bicyclic) bond motifs is 5. The van der Waals surface area contributed by atoms with Gasteiger partial charge in [-0.3, -0.25) is 4.90 Å². The lowest BCUT2D eigenvalue weighted by atomic mass is 9.71. The standard InChI is InChI=1S/C25H23ClN2O2/c1-15-7-12-21-20(13-15)24-22(23(27-21)16-8-10-18(26)11-9-16)19-6-4-3-5-17(19)14-28(24)25(29)30-2/h3-13,22-24,27H,14H2,1-2H3/t22-,23?,24+/m0/s1. The Balaban J connectivity index is 1.75. The third-order valence-corrected chi connectivity index (χ3v) is 6.52. The van der Waals surface area contributed by atoms with Crippen molar-refractivity contribution in [3.05, 3.63) is 99.6 Å². The Hall–Kier alpha value is -2.98. The molecule has 1 amide bonds. The van der Waals surface area contributed by atoms with Crippen LogP contribution in [0.15, 0.2) is 66.7 Å². The lowest BCUT2D eigenvalue weighted by molar-refractivity contribution is 0.0825. The number of nitrogens with zero attached hydrogens (tertiary/aromatic N) is 1. The van der Waals surface area contributed by atoms with E-state index in [9.17, 15) is 4.79 Å². The average molecular weight is 419 g/mol. The van der Waals surface area contributed by atoms with Crippen LogP contribution in [0.5, 0.6) is 0 Å². The van der Waals surface area contributed by atoms with Crippen molar-refractivity contribution in [1.29, 1.82) is 0 Å². The van der Waals surface area contributed by atoms with Gasteiger partial charge in [0.05, 0.1) is 19.2 Å². The minimum Gasteiger partial charge on any atom is -0.453 e. The molecular formula is C25H23ClN2O2. The number of hydrogen-bond donors (Lipinski definition) is 1. The highest BCUT2D eigenvalue weighted by Crippen LogP contribution is 2.54. The second-order valence-corrected chi connectivity index (χ2v) is 8.47. The number of benzene rings is 3. The van der Waals surface area contributed by atoms with Gasteiger partial charge in [0.15, 0.2) is 0 Å². The molecule has 30 heavy (non-hydrogen) atoms. The minimum absolute atomic E-state index is 0.00363. The second kappa shape index (κ2) is 7.37. The van der Waals surface area contributed by atoms with E-state index in [4.69, 9.17) is 16.3 Å². The molecule has 5 heteroatoms. The SMILES string of the molecule is COC(=O)N1Cc2ccccc2[C@H]2C(c3ccc(Cl)cc3)Nc3ccc(C)cc3[C@H]21. The first kappa shape index (κ1) is 19.0. The molecule has 3 atom stereocenters. The summed E-state index contributed by atoms with van der Waals surface area (Å²) in [4.78, 5) is 14.8. The van der Waals surface area contributed by atoms with Crippen molar-refractivity contribution >= 4 is 23.4 Å². The van der Waals surface area contributed by atoms with Crippen LogP contribution in [0.3, 0.4) is 0 Å². The van der Waals surface area contributed by atoms with E-state index in [0.717, 1.165) is 22.4 Å². The lowest BCUT2D eigenvalue weighted by Gasteiger charge is -2.49. The molecule has 1 N–H and O–H groups in total. The highest BCUT2D eigenvalue weighted by Gasteiger charge is 2.46. The smallest absolute Gasteiger partial charge is 0.410 e. The van der Waals surface area contributed by atoms with Gasteiger partial charge in [-0.05, 0) is 47.4 Å². The van der Waals surface area contributed by atoms with E-state index in [1.165, 1.54) is 18.2 Å². The van der Waals surface area contributed by atoms with E-state index < -0.39 is 0 Å². The van der Waals surface area contributed by atoms with Crippen LogP contribution in [0.2, 0.25) is 5.02 Å². The maximum absolute atomic E-state index is 12.9. The van der Waals surface area contributed by atoms with Crippen LogP contribution in [0.1, 0.15) is 45.8 Å². The van der Waals surface area contributed by atoms with Crippen molar-refractivity contribution in [2.45, 2.75) is 31.5 Å². The van der Waals surface area contributed by atoms with E-state index in [1.54, 1.807) is 0 Å². The predicted octanol–water partition coefficient (Wildman–Crippen LogP) is 6.22. The molecule has 0 saturated carbocycles. The van der Waals surface area contributed by atoms with Crippen LogP contribution in [0, 0.1) is 6.92 Å². The number of halogens is 1. The Kier molecular flexibility index (Phi) is 4.67. The Morgan fingerprint density at radius 2 is 1.83 bits per heavy atom. The molecular weight excluding hydrogens is 396 g/mol. The molecule has 0 bridgehead atoms. The summed E-state index contributed by atoms with van der Waals surface area (Å²) in [7, 11) is 1.45. The zero-order valence-electron chi connectivity index (χ0n) is 16.9. The Morgan fingerprint density at radius 1 is 1.07 bits per heavy atom. The largest absolute Gasteiger partial charge is 0.453 e. The first-order valence-corrected chi connectivity index (χ1v) is 10.5. The van der Waals surface area contributed by atoms with Crippen LogP contribution in [0.4, 0.5) is 10.5 Å². The molecule has 0 aromatic heterocycles. The van der Waals surface area contributed by atoms with Gasteiger partial charge in [0.1, 0.15) is 0 Å². The molecule has 2 aliphatic heterocycles. The lowest BCUT2D eigenvalue weighted by Crippen LogP contribution is -2.46. The van der Waals surface area contributed by atoms with E-state index in [0.29, 0.717) is 11.6 Å². The maximum atomic E-state index is 12.9. The average Bonchev–Trinajstić information content (AvgIpc) is 2.77. The first-order valence-electron chi connectivity index (χ1n) is 10.1. The summed E-state index contributed by atoms with van der Waals surface area (Å²) in [5.74, 6) is 0.0459. The fraction of sp³-hybridized carbons (Fsp3) is 0.240. The molecule has 0 aliphatic carbocycles. The molecule has 3 aromatic rings. The van der Waals surface area contributed by atoms with Crippen LogP contribution in [-0.4, -0.2) is 18.1 Å². The number of hydrogen-bond acceptors (Lipinski definition) is 3. The third-order valence-electron chi connectivity index (χ3n) is 6.26. The van der Waals surface area contributed by atoms with E-state index in [-0.39, 0.29) is 24.1 Å². The molecule has 0 radical (unpaired) electrons. The van der Waals surface area contributed by atoms with Gasteiger partial charge in [-0.2, -0.15) is 0 Å². The summed E-state index contributed by atoms with van der Waals surface area (Å²) in [6.45, 7) is 2.62. The van der Waals surface area contributed by atoms with Gasteiger partial charge in [0.25, 0.3) is 0 Å². The molecule has 5 rings (SSSR count). The zero-order chi connectivity index (χ0) is 20.8. The summed E-state index contributed by atoms with van der Waals surface area (Å²) in [6, 6.07) is 22.6. The molecule has 3 aromatic carbocycles. The zero-order valence-corrected chi connectivity index (χ0v) is 17.7. The number of rotatable bonds is 1. The third kappa shape index (κ3) is 3.03. The highest BCUT2D eigenvalue weighted by atomic mass is 35.5. The normalized spacial score (nSPS) is 21.7. The fourth-order valence-electron chi connectivity index (χ4n) is 4.94. The van der Waals surface area contributed by atoms with Crippen molar-refractivity contribution in [1.82, 2.24) is 4.90 Å². The fourth-order valence-corrected chi connectivity index (χ4v) is 5.07. The monoisotopic (exact) mass is 418 g/mol. The number of anilines is 1. The molecule has 0 saturated heterocycles. The van der Waals surface area contributed by atoms with E-state index in [1.807, 2.05) is 23.1 Å². The van der Waals surface area contributed by atoms with Crippen LogP contribution in [0.25, 0.3) is 0 Å². The predicted molar refractivity (Wildman–Crippen MR) is 119 cm³/mol. The number of aryl methyl sites for hydroxylation is 1. The van der Waals surface area contributed by atoms with Gasteiger partial charge >= 0.3 is 6.09 Å². The Labute approximate surface area is 181 Å². The Morgan fingerprint density at radius 3 is 2.60 bits per heavy atom. The first-order chi connectivity index (χ1) is 14.6. The molecule has 2 aliphatic rings. The van der Waals surface area contributed by atoms with Crippen molar-refractivity contribution in [2.24, 2.45) is 0 Å². The number of amides is 1. The van der Waals surface area contributed by atoms with Crippen molar-refractivity contribution < 1.29 is 9.53 Å². The Bertz CT molecular complexity index is 1110. The number of carbonyl (C=O) groups excluding carboxylic acids is 1. The number of nitrogens with one attached hydrogen (secondary N) is 1. The molecule has 4 nitrogen and oxygen atoms in total. The maximum Gasteiger partial charge on any atom is 0.410 e. The topological polar surface area (TPSA) is 41.6 Å². The summed E-state index contributed by atoms with van der Waals surface area (Å²) >= 11 is 6.16. The van der Waals surface area contributed by atoms with Crippen LogP contribution >= 0.6 is 11.6 Å². The van der Waals surface area contributed by atoms with Crippen molar-refractivity contribution in [3.63, 3.8) is 0 Å². The van der Waals surface area contributed by atoms with Gasteiger partial charge in [-0.1, -0.05) is 65.7 Å². The molecule has 0 fully saturated rings. The molecule has 152 valence electrons. The van der Waals surface area contributed by atoms with Gasteiger partial charge < -0.3 is 10.1 Å². The van der Waals surface area contributed by atoms with Crippen molar-refractivity contribution in [2.75, 3.05) is 12.4 Å². The second-order valence-electron chi connectivity index (χ2n) is 8.03. The van der Waals surface area contributed by atoms with E-state index in [2.05, 4.69) is 60.8 Å².